The fraction of sp³-hybridized carbons (Fsp3) is 0.385. The molecule has 0 bridgehead atoms. The summed E-state index contributed by atoms with van der Waals surface area (Å²) in [7, 11) is 0. The van der Waals surface area contributed by atoms with Crippen molar-refractivity contribution in [2.45, 2.75) is 33.6 Å². The number of hydrogen-bond donors (Lipinski definition) is 1. The zero-order valence-corrected chi connectivity index (χ0v) is 9.96. The minimum absolute atomic E-state index is 0.219. The van der Waals surface area contributed by atoms with Crippen molar-refractivity contribution in [3.8, 4) is 6.07 Å². The molecule has 3 heteroatoms. The third-order valence-electron chi connectivity index (χ3n) is 2.88. The van der Waals surface area contributed by atoms with Gasteiger partial charge in [-0.25, -0.2) is 4.79 Å². The Morgan fingerprint density at radius 1 is 1.38 bits per heavy atom. The van der Waals surface area contributed by atoms with Crippen LogP contribution in [0.3, 0.4) is 0 Å². The summed E-state index contributed by atoms with van der Waals surface area (Å²) in [5.41, 5.74) is 3.29. The molecule has 0 aliphatic heterocycles. The van der Waals surface area contributed by atoms with Crippen molar-refractivity contribution in [1.82, 2.24) is 0 Å². The van der Waals surface area contributed by atoms with E-state index in [-0.39, 0.29) is 11.5 Å². The molecule has 84 valence electrons. The molecule has 0 aliphatic carbocycles. The summed E-state index contributed by atoms with van der Waals surface area (Å²) in [6, 6.07) is 3.55. The number of rotatable bonds is 2. The Morgan fingerprint density at radius 2 is 1.94 bits per heavy atom. The average molecular weight is 217 g/mol. The molecule has 0 spiro atoms. The third kappa shape index (κ3) is 1.92. The first-order valence-electron chi connectivity index (χ1n) is 5.17. The summed E-state index contributed by atoms with van der Waals surface area (Å²) in [6.45, 7) is 7.66. The highest BCUT2D eigenvalue weighted by molar-refractivity contribution is 5.90. The summed E-state index contributed by atoms with van der Waals surface area (Å²) in [5.74, 6) is -0.761. The number of aromatic carboxylic acids is 1. The van der Waals surface area contributed by atoms with Gasteiger partial charge in [-0.15, -0.1) is 0 Å². The van der Waals surface area contributed by atoms with Crippen molar-refractivity contribution in [3.05, 3.63) is 33.9 Å². The van der Waals surface area contributed by atoms with Crippen LogP contribution in [-0.2, 0) is 0 Å². The summed E-state index contributed by atoms with van der Waals surface area (Å²) in [6.07, 6.45) is 0. The molecule has 0 fully saturated rings. The molecule has 0 heterocycles. The minimum atomic E-state index is -0.979. The smallest absolute Gasteiger partial charge is 0.336 e. The van der Waals surface area contributed by atoms with Gasteiger partial charge in [0.2, 0.25) is 0 Å². The van der Waals surface area contributed by atoms with Crippen molar-refractivity contribution in [2.75, 3.05) is 0 Å². The predicted octanol–water partition coefficient (Wildman–Crippen LogP) is 3.00. The van der Waals surface area contributed by atoms with Gasteiger partial charge in [0, 0.05) is 0 Å². The first-order chi connectivity index (χ1) is 7.40. The van der Waals surface area contributed by atoms with Crippen LogP contribution in [0.15, 0.2) is 6.07 Å². The number of nitrogens with zero attached hydrogens (tertiary/aromatic N) is 1. The lowest BCUT2D eigenvalue weighted by Crippen LogP contribution is -2.07. The summed E-state index contributed by atoms with van der Waals surface area (Å²) >= 11 is 0. The topological polar surface area (TPSA) is 61.1 Å². The van der Waals surface area contributed by atoms with Gasteiger partial charge in [-0.3, -0.25) is 0 Å². The molecule has 0 saturated carbocycles. The van der Waals surface area contributed by atoms with Crippen LogP contribution in [0, 0.1) is 25.2 Å². The van der Waals surface area contributed by atoms with Gasteiger partial charge in [-0.1, -0.05) is 13.8 Å². The molecule has 16 heavy (non-hydrogen) atoms. The lowest BCUT2D eigenvalue weighted by molar-refractivity contribution is 0.0696. The quantitative estimate of drug-likeness (QED) is 0.828. The number of hydrogen-bond acceptors (Lipinski definition) is 2. The maximum Gasteiger partial charge on any atom is 0.336 e. The first kappa shape index (κ1) is 12.3. The van der Waals surface area contributed by atoms with Crippen LogP contribution in [0.4, 0.5) is 0 Å². The normalized spacial score (nSPS) is 10.2. The highest BCUT2D eigenvalue weighted by Gasteiger charge is 2.17. The summed E-state index contributed by atoms with van der Waals surface area (Å²) in [5, 5.41) is 18.1. The molecule has 3 nitrogen and oxygen atoms in total. The van der Waals surface area contributed by atoms with Crippen LogP contribution in [0.5, 0.6) is 0 Å². The standard InChI is InChI=1S/C13H15NO2/c1-7(2)12-9(4)8(3)11(13(15)16)5-10(12)6-14/h5,7H,1-4H3,(H,15,16). The highest BCUT2D eigenvalue weighted by Crippen LogP contribution is 2.28. The molecular formula is C13H15NO2. The molecule has 0 unspecified atom stereocenters. The third-order valence-corrected chi connectivity index (χ3v) is 2.88. The van der Waals surface area contributed by atoms with Crippen LogP contribution in [0.1, 0.15) is 52.4 Å². The Bertz CT molecular complexity index is 482. The largest absolute Gasteiger partial charge is 0.478 e. The predicted molar refractivity (Wildman–Crippen MR) is 61.7 cm³/mol. The Labute approximate surface area is 95.3 Å². The van der Waals surface area contributed by atoms with Crippen molar-refractivity contribution in [1.29, 1.82) is 5.26 Å². The SMILES string of the molecule is Cc1c(C(=O)O)cc(C#N)c(C(C)C)c1C. The van der Waals surface area contributed by atoms with Crippen molar-refractivity contribution in [3.63, 3.8) is 0 Å². The second-order valence-corrected chi connectivity index (χ2v) is 4.21. The highest BCUT2D eigenvalue weighted by atomic mass is 16.4. The van der Waals surface area contributed by atoms with E-state index in [1.54, 1.807) is 6.92 Å². The van der Waals surface area contributed by atoms with Gasteiger partial charge in [0.1, 0.15) is 0 Å². The lowest BCUT2D eigenvalue weighted by Gasteiger charge is -2.16. The molecule has 0 radical (unpaired) electrons. The van der Waals surface area contributed by atoms with E-state index in [0.29, 0.717) is 5.56 Å². The number of nitriles is 1. The zero-order chi connectivity index (χ0) is 12.5. The van der Waals surface area contributed by atoms with Gasteiger partial charge in [0.05, 0.1) is 17.2 Å². The Balaban J connectivity index is 3.63. The second kappa shape index (κ2) is 4.36. The van der Waals surface area contributed by atoms with Crippen molar-refractivity contribution < 1.29 is 9.90 Å². The monoisotopic (exact) mass is 217 g/mol. The van der Waals surface area contributed by atoms with Crippen LogP contribution < -0.4 is 0 Å². The van der Waals surface area contributed by atoms with E-state index < -0.39 is 5.97 Å². The molecule has 0 atom stereocenters. The van der Waals surface area contributed by atoms with E-state index in [4.69, 9.17) is 10.4 Å². The second-order valence-electron chi connectivity index (χ2n) is 4.21. The maximum atomic E-state index is 11.0. The van der Waals surface area contributed by atoms with Gasteiger partial charge in [0.15, 0.2) is 0 Å². The van der Waals surface area contributed by atoms with Gasteiger partial charge >= 0.3 is 5.97 Å². The first-order valence-corrected chi connectivity index (χ1v) is 5.17. The Morgan fingerprint density at radius 3 is 2.31 bits per heavy atom. The number of carboxylic acid groups (broad SMARTS) is 1. The fourth-order valence-electron chi connectivity index (χ4n) is 2.00. The minimum Gasteiger partial charge on any atom is -0.478 e. The zero-order valence-electron chi connectivity index (χ0n) is 9.96. The molecule has 0 aliphatic rings. The molecule has 0 aromatic heterocycles. The molecular weight excluding hydrogens is 202 g/mol. The fourth-order valence-corrected chi connectivity index (χ4v) is 2.00. The van der Waals surface area contributed by atoms with E-state index in [2.05, 4.69) is 6.07 Å². The molecule has 1 aromatic rings. The van der Waals surface area contributed by atoms with Gasteiger partial charge in [0.25, 0.3) is 0 Å². The van der Waals surface area contributed by atoms with E-state index in [1.807, 2.05) is 20.8 Å². The number of carboxylic acids is 1. The summed E-state index contributed by atoms with van der Waals surface area (Å²) < 4.78 is 0. The Kier molecular flexibility index (Phi) is 3.34. The van der Waals surface area contributed by atoms with Crippen LogP contribution in [-0.4, -0.2) is 11.1 Å². The van der Waals surface area contributed by atoms with Crippen molar-refractivity contribution in [2.24, 2.45) is 0 Å². The van der Waals surface area contributed by atoms with E-state index in [0.717, 1.165) is 16.7 Å². The molecule has 0 amide bonds. The molecule has 1 aromatic carbocycles. The van der Waals surface area contributed by atoms with E-state index in [9.17, 15) is 4.79 Å². The maximum absolute atomic E-state index is 11.0. The van der Waals surface area contributed by atoms with Gasteiger partial charge in [-0.2, -0.15) is 5.26 Å². The van der Waals surface area contributed by atoms with Crippen LogP contribution in [0.25, 0.3) is 0 Å². The molecule has 1 rings (SSSR count). The lowest BCUT2D eigenvalue weighted by atomic mass is 9.87. The van der Waals surface area contributed by atoms with Crippen LogP contribution >= 0.6 is 0 Å². The Hall–Kier alpha value is -1.82. The van der Waals surface area contributed by atoms with Gasteiger partial charge < -0.3 is 5.11 Å². The molecule has 0 saturated heterocycles. The van der Waals surface area contributed by atoms with Crippen LogP contribution in [0.2, 0.25) is 0 Å². The number of benzene rings is 1. The van der Waals surface area contributed by atoms with Gasteiger partial charge in [-0.05, 0) is 42.5 Å². The number of carbonyl (C=O) groups is 1. The van der Waals surface area contributed by atoms with E-state index >= 15 is 0 Å². The summed E-state index contributed by atoms with van der Waals surface area (Å²) in [4.78, 5) is 11.0. The van der Waals surface area contributed by atoms with Crippen molar-refractivity contribution >= 4 is 5.97 Å². The van der Waals surface area contributed by atoms with E-state index in [1.165, 1.54) is 6.07 Å². The average Bonchev–Trinajstić information content (AvgIpc) is 2.20. The molecule has 1 N–H and O–H groups in total.